The van der Waals surface area contributed by atoms with Crippen LogP contribution in [0.3, 0.4) is 0 Å². The van der Waals surface area contributed by atoms with Gasteiger partial charge in [-0.05, 0) is 30.5 Å². The number of amides is 1. The Morgan fingerprint density at radius 3 is 2.58 bits per heavy atom. The largest absolute Gasteiger partial charge is 0.350 e. The number of carbonyl (C=O) groups is 1. The molecule has 2 aromatic heterocycles. The van der Waals surface area contributed by atoms with Crippen molar-refractivity contribution in [1.82, 2.24) is 19.9 Å². The molecule has 1 aliphatic rings. The molecule has 1 amide bonds. The van der Waals surface area contributed by atoms with Crippen LogP contribution in [0.4, 0.5) is 5.95 Å². The van der Waals surface area contributed by atoms with E-state index in [0.717, 1.165) is 12.0 Å². The lowest BCUT2D eigenvalue weighted by atomic mass is 10.2. The fraction of sp³-hybridized carbons (Fsp3) is 0.412. The highest BCUT2D eigenvalue weighted by atomic mass is 32.2. The van der Waals surface area contributed by atoms with Crippen molar-refractivity contribution in [3.8, 4) is 0 Å². The minimum Gasteiger partial charge on any atom is -0.350 e. The molecule has 1 N–H and O–H groups in total. The summed E-state index contributed by atoms with van der Waals surface area (Å²) in [7, 11) is -1.23. The number of nitrogens with one attached hydrogen (secondary N) is 1. The predicted molar refractivity (Wildman–Crippen MR) is 97.6 cm³/mol. The molecule has 1 fully saturated rings. The van der Waals surface area contributed by atoms with Crippen LogP contribution in [0.1, 0.15) is 22.3 Å². The minimum atomic E-state index is -2.96. The number of nitrogens with zero attached hydrogens (tertiary/aromatic N) is 4. The van der Waals surface area contributed by atoms with Crippen molar-refractivity contribution in [2.24, 2.45) is 0 Å². The smallest absolute Gasteiger partial charge is 0.256 e. The lowest BCUT2D eigenvalue weighted by molar-refractivity contribution is 0.0796. The van der Waals surface area contributed by atoms with Gasteiger partial charge in [-0.25, -0.2) is 18.4 Å². The van der Waals surface area contributed by atoms with Gasteiger partial charge in [-0.1, -0.05) is 0 Å². The number of sulfone groups is 1. The number of anilines is 1. The lowest BCUT2D eigenvalue weighted by Gasteiger charge is -2.17. The number of hydrogen-bond acceptors (Lipinski definition) is 7. The van der Waals surface area contributed by atoms with Crippen molar-refractivity contribution in [3.05, 3.63) is 48.0 Å². The summed E-state index contributed by atoms with van der Waals surface area (Å²) in [6.45, 7) is 0.572. The van der Waals surface area contributed by atoms with Gasteiger partial charge in [0.2, 0.25) is 5.95 Å². The Morgan fingerprint density at radius 2 is 1.96 bits per heavy atom. The van der Waals surface area contributed by atoms with Gasteiger partial charge in [0.25, 0.3) is 5.91 Å². The molecule has 138 valence electrons. The van der Waals surface area contributed by atoms with E-state index < -0.39 is 9.84 Å². The topological polar surface area (TPSA) is 105 Å². The van der Waals surface area contributed by atoms with Gasteiger partial charge in [0, 0.05) is 44.4 Å². The fourth-order valence-electron chi connectivity index (χ4n) is 2.77. The lowest BCUT2D eigenvalue weighted by Crippen LogP contribution is -2.29. The molecule has 0 aliphatic carbocycles. The van der Waals surface area contributed by atoms with Crippen molar-refractivity contribution < 1.29 is 13.2 Å². The van der Waals surface area contributed by atoms with Crippen LogP contribution in [0, 0.1) is 0 Å². The first-order chi connectivity index (χ1) is 12.4. The van der Waals surface area contributed by atoms with Gasteiger partial charge in [-0.15, -0.1) is 0 Å². The van der Waals surface area contributed by atoms with Crippen LogP contribution < -0.4 is 5.32 Å². The summed E-state index contributed by atoms with van der Waals surface area (Å²) in [5.74, 6) is 0.454. The van der Waals surface area contributed by atoms with E-state index in [0.29, 0.717) is 24.5 Å². The summed E-state index contributed by atoms with van der Waals surface area (Å²) in [6, 6.07) is 3.67. The van der Waals surface area contributed by atoms with Crippen LogP contribution in [0.2, 0.25) is 0 Å². The third kappa shape index (κ3) is 4.75. The summed E-state index contributed by atoms with van der Waals surface area (Å²) < 4.78 is 23.0. The average Bonchev–Trinajstić information content (AvgIpc) is 2.99. The molecule has 1 unspecified atom stereocenters. The third-order valence-electron chi connectivity index (χ3n) is 4.30. The fourth-order valence-corrected chi connectivity index (χ4v) is 4.45. The van der Waals surface area contributed by atoms with E-state index in [9.17, 15) is 13.2 Å². The van der Waals surface area contributed by atoms with E-state index in [1.165, 1.54) is 12.4 Å². The van der Waals surface area contributed by atoms with E-state index in [1.807, 2.05) is 12.1 Å². The molecule has 3 heterocycles. The SMILES string of the molecule is CN(CCc1ccncc1)C(=O)c1cnc(NC2CCS(=O)(=O)C2)nc1. The molecule has 0 aromatic carbocycles. The zero-order valence-corrected chi connectivity index (χ0v) is 15.3. The zero-order valence-electron chi connectivity index (χ0n) is 14.5. The van der Waals surface area contributed by atoms with Crippen LogP contribution in [0.25, 0.3) is 0 Å². The van der Waals surface area contributed by atoms with Gasteiger partial charge in [-0.2, -0.15) is 0 Å². The molecule has 2 aromatic rings. The van der Waals surface area contributed by atoms with Crippen LogP contribution in [0.15, 0.2) is 36.9 Å². The maximum Gasteiger partial charge on any atom is 0.256 e. The highest BCUT2D eigenvalue weighted by Gasteiger charge is 2.28. The number of rotatable bonds is 6. The van der Waals surface area contributed by atoms with Gasteiger partial charge in [0.1, 0.15) is 0 Å². The molecular formula is C17H21N5O3S. The summed E-state index contributed by atoms with van der Waals surface area (Å²) >= 11 is 0. The Bertz CT molecular complexity index is 856. The summed E-state index contributed by atoms with van der Waals surface area (Å²) in [5.41, 5.74) is 1.51. The zero-order chi connectivity index (χ0) is 18.6. The number of hydrogen-bond donors (Lipinski definition) is 1. The maximum absolute atomic E-state index is 12.4. The molecular weight excluding hydrogens is 354 g/mol. The van der Waals surface area contributed by atoms with E-state index in [2.05, 4.69) is 20.3 Å². The van der Waals surface area contributed by atoms with Crippen molar-refractivity contribution in [1.29, 1.82) is 0 Å². The third-order valence-corrected chi connectivity index (χ3v) is 6.06. The second-order valence-corrected chi connectivity index (χ2v) is 8.60. The Labute approximate surface area is 152 Å². The van der Waals surface area contributed by atoms with Gasteiger partial charge in [0.05, 0.1) is 17.1 Å². The molecule has 0 saturated carbocycles. The highest BCUT2D eigenvalue weighted by Crippen LogP contribution is 2.15. The first-order valence-corrected chi connectivity index (χ1v) is 10.2. The summed E-state index contributed by atoms with van der Waals surface area (Å²) in [6.07, 6.45) is 7.66. The second kappa shape index (κ2) is 7.77. The highest BCUT2D eigenvalue weighted by molar-refractivity contribution is 7.91. The Hall–Kier alpha value is -2.55. The first kappa shape index (κ1) is 18.2. The molecule has 1 atom stereocenters. The number of likely N-dealkylation sites (N-methyl/N-ethyl adjacent to an activating group) is 1. The van der Waals surface area contributed by atoms with Gasteiger partial charge < -0.3 is 10.2 Å². The molecule has 3 rings (SSSR count). The average molecular weight is 375 g/mol. The minimum absolute atomic E-state index is 0.0920. The number of aromatic nitrogens is 3. The molecule has 1 saturated heterocycles. The Morgan fingerprint density at radius 1 is 1.27 bits per heavy atom. The van der Waals surface area contributed by atoms with Gasteiger partial charge in [0.15, 0.2) is 9.84 Å². The molecule has 26 heavy (non-hydrogen) atoms. The van der Waals surface area contributed by atoms with E-state index in [-0.39, 0.29) is 23.5 Å². The summed E-state index contributed by atoms with van der Waals surface area (Å²) in [4.78, 5) is 26.3. The quantitative estimate of drug-likeness (QED) is 0.795. The maximum atomic E-state index is 12.4. The van der Waals surface area contributed by atoms with E-state index in [1.54, 1.807) is 24.3 Å². The first-order valence-electron chi connectivity index (χ1n) is 8.36. The van der Waals surface area contributed by atoms with Crippen molar-refractivity contribution >= 4 is 21.7 Å². The Kier molecular flexibility index (Phi) is 5.46. The monoisotopic (exact) mass is 375 g/mol. The van der Waals surface area contributed by atoms with Crippen LogP contribution in [-0.2, 0) is 16.3 Å². The predicted octanol–water partition coefficient (Wildman–Crippen LogP) is 0.785. The van der Waals surface area contributed by atoms with Gasteiger partial charge in [-0.3, -0.25) is 9.78 Å². The molecule has 1 aliphatic heterocycles. The standard InChI is InChI=1S/C17H21N5O3S/c1-22(8-4-13-2-6-18-7-3-13)16(23)14-10-19-17(20-11-14)21-15-5-9-26(24,25)12-15/h2-3,6-7,10-11,15H,4-5,8-9,12H2,1H3,(H,19,20,21). The molecule has 0 radical (unpaired) electrons. The van der Waals surface area contributed by atoms with E-state index >= 15 is 0 Å². The molecule has 0 spiro atoms. The normalized spacial score (nSPS) is 18.4. The summed E-state index contributed by atoms with van der Waals surface area (Å²) in [5, 5.41) is 3.01. The molecule has 9 heteroatoms. The van der Waals surface area contributed by atoms with Crippen molar-refractivity contribution in [2.45, 2.75) is 18.9 Å². The second-order valence-electron chi connectivity index (χ2n) is 6.37. The number of carbonyl (C=O) groups excluding carboxylic acids is 1. The van der Waals surface area contributed by atoms with Crippen molar-refractivity contribution in [3.63, 3.8) is 0 Å². The van der Waals surface area contributed by atoms with E-state index in [4.69, 9.17) is 0 Å². The number of pyridine rings is 1. The van der Waals surface area contributed by atoms with Crippen LogP contribution >= 0.6 is 0 Å². The Balaban J connectivity index is 1.54. The molecule has 0 bridgehead atoms. The molecule has 8 nitrogen and oxygen atoms in total. The van der Waals surface area contributed by atoms with Gasteiger partial charge >= 0.3 is 0 Å². The van der Waals surface area contributed by atoms with Crippen LogP contribution in [-0.4, -0.2) is 65.3 Å². The van der Waals surface area contributed by atoms with Crippen LogP contribution in [0.5, 0.6) is 0 Å². The van der Waals surface area contributed by atoms with Crippen molar-refractivity contribution in [2.75, 3.05) is 30.4 Å².